The molecule has 0 bridgehead atoms. The highest BCUT2D eigenvalue weighted by molar-refractivity contribution is 5.90. The van der Waals surface area contributed by atoms with E-state index in [4.69, 9.17) is 14.7 Å². The fourth-order valence-electron chi connectivity index (χ4n) is 7.10. The van der Waals surface area contributed by atoms with Gasteiger partial charge in [-0.2, -0.15) is 0 Å². The van der Waals surface area contributed by atoms with Crippen molar-refractivity contribution in [3.63, 3.8) is 0 Å². The molecule has 0 spiro atoms. The monoisotopic (exact) mass is 591 g/mol. The maximum absolute atomic E-state index is 6.68. The second-order valence-corrected chi connectivity index (χ2v) is 11.7. The van der Waals surface area contributed by atoms with Crippen molar-refractivity contribution in [1.82, 2.24) is 9.97 Å². The molecule has 0 radical (unpaired) electrons. The highest BCUT2D eigenvalue weighted by Crippen LogP contribution is 2.61. The first kappa shape index (κ1) is 26.4. The smallest absolute Gasteiger partial charge is 0.162 e. The highest BCUT2D eigenvalue weighted by atomic mass is 16.5. The van der Waals surface area contributed by atoms with Crippen molar-refractivity contribution in [1.29, 1.82) is 0 Å². The zero-order valence-corrected chi connectivity index (χ0v) is 25.0. The zero-order chi connectivity index (χ0) is 30.5. The summed E-state index contributed by atoms with van der Waals surface area (Å²) in [5, 5.41) is 0. The molecule has 1 aromatic heterocycles. The Morgan fingerprint density at radius 2 is 1.04 bits per heavy atom. The van der Waals surface area contributed by atoms with E-state index in [0.29, 0.717) is 5.82 Å². The molecule has 6 aromatic carbocycles. The molecule has 0 aliphatic carbocycles. The average molecular weight is 592 g/mol. The molecular weight excluding hydrogens is 562 g/mol. The van der Waals surface area contributed by atoms with Crippen LogP contribution in [0.3, 0.4) is 0 Å². The van der Waals surface area contributed by atoms with Gasteiger partial charge in [-0.1, -0.05) is 146 Å². The summed E-state index contributed by atoms with van der Waals surface area (Å²) in [4.78, 5) is 12.9. The molecule has 7 aromatic rings. The van der Waals surface area contributed by atoms with Gasteiger partial charge in [-0.05, 0) is 23.3 Å². The molecule has 9 rings (SSSR count). The molecule has 3 heterocycles. The molecule has 2 atom stereocenters. The zero-order valence-electron chi connectivity index (χ0n) is 25.0. The normalized spacial score (nSPS) is 16.0. The van der Waals surface area contributed by atoms with Crippen LogP contribution in [-0.4, -0.2) is 9.97 Å². The molecule has 0 saturated carbocycles. The molecule has 2 aliphatic heterocycles. The van der Waals surface area contributed by atoms with E-state index in [-0.39, 0.29) is 12.0 Å². The third-order valence-corrected chi connectivity index (χ3v) is 9.09. The van der Waals surface area contributed by atoms with E-state index in [9.17, 15) is 0 Å². The fraction of sp³-hybridized carbons (Fsp3) is 0.0476. The topological polar surface area (TPSA) is 38.2 Å². The van der Waals surface area contributed by atoms with E-state index in [1.54, 1.807) is 0 Å². The minimum absolute atomic E-state index is 0.00817. The van der Waals surface area contributed by atoms with Crippen LogP contribution in [0.4, 0.5) is 11.5 Å². The first-order chi connectivity index (χ1) is 22.8. The SMILES string of the molecule is c1ccc(-c2cc(N3c4c(-c5ccccc5)cccc4C4c5ccccc5Oc5ccccc5C43)nc(-c3ccccc3)n2)cc1. The van der Waals surface area contributed by atoms with Crippen molar-refractivity contribution < 1.29 is 4.74 Å². The summed E-state index contributed by atoms with van der Waals surface area (Å²) in [7, 11) is 0. The number of aromatic nitrogens is 2. The standard InChI is InChI=1S/C42H29N3O/c1-4-15-28(16-5-1)31-23-14-24-34-39-32-21-10-12-25-36(32)46-37-26-13-11-22-33(37)41(39)45(40(31)34)38-27-35(29-17-6-2-7-18-29)43-42(44-38)30-19-8-3-9-20-30/h1-27,39,41H. The van der Waals surface area contributed by atoms with Gasteiger partial charge in [-0.15, -0.1) is 0 Å². The van der Waals surface area contributed by atoms with Gasteiger partial charge < -0.3 is 9.64 Å². The van der Waals surface area contributed by atoms with E-state index < -0.39 is 0 Å². The van der Waals surface area contributed by atoms with Crippen LogP contribution in [0.15, 0.2) is 164 Å². The number of ether oxygens (including phenoxy) is 1. The Bertz CT molecular complexity index is 2140. The van der Waals surface area contributed by atoms with Crippen LogP contribution in [0.5, 0.6) is 11.5 Å². The third kappa shape index (κ3) is 4.30. The number of para-hydroxylation sites is 3. The molecule has 0 saturated heterocycles. The van der Waals surface area contributed by atoms with Crippen molar-refractivity contribution >= 4 is 11.5 Å². The lowest BCUT2D eigenvalue weighted by molar-refractivity contribution is 0.478. The van der Waals surface area contributed by atoms with Gasteiger partial charge in [0.2, 0.25) is 0 Å². The van der Waals surface area contributed by atoms with Gasteiger partial charge in [0, 0.05) is 39.8 Å². The molecule has 46 heavy (non-hydrogen) atoms. The van der Waals surface area contributed by atoms with Gasteiger partial charge in [0.1, 0.15) is 17.3 Å². The largest absolute Gasteiger partial charge is 0.457 e. The second-order valence-electron chi connectivity index (χ2n) is 11.7. The maximum atomic E-state index is 6.68. The van der Waals surface area contributed by atoms with Crippen LogP contribution in [0.1, 0.15) is 28.7 Å². The van der Waals surface area contributed by atoms with Crippen molar-refractivity contribution in [2.24, 2.45) is 0 Å². The molecule has 2 unspecified atom stereocenters. The van der Waals surface area contributed by atoms with Crippen LogP contribution in [0.2, 0.25) is 0 Å². The first-order valence-electron chi connectivity index (χ1n) is 15.7. The van der Waals surface area contributed by atoms with E-state index in [2.05, 4.69) is 144 Å². The van der Waals surface area contributed by atoms with Crippen LogP contribution in [0.25, 0.3) is 33.8 Å². The number of nitrogens with zero attached hydrogens (tertiary/aromatic N) is 3. The Kier molecular flexibility index (Phi) is 6.24. The van der Waals surface area contributed by atoms with Gasteiger partial charge in [0.25, 0.3) is 0 Å². The van der Waals surface area contributed by atoms with Gasteiger partial charge in [-0.3, -0.25) is 0 Å². The third-order valence-electron chi connectivity index (χ3n) is 9.09. The predicted octanol–water partition coefficient (Wildman–Crippen LogP) is 10.6. The molecule has 4 nitrogen and oxygen atoms in total. The highest BCUT2D eigenvalue weighted by Gasteiger charge is 2.46. The van der Waals surface area contributed by atoms with Crippen molar-refractivity contribution in [2.45, 2.75) is 12.0 Å². The summed E-state index contributed by atoms with van der Waals surface area (Å²) < 4.78 is 6.68. The van der Waals surface area contributed by atoms with Crippen molar-refractivity contribution in [2.75, 3.05) is 4.90 Å². The van der Waals surface area contributed by atoms with Crippen LogP contribution in [0, 0.1) is 0 Å². The fourth-order valence-corrected chi connectivity index (χ4v) is 7.10. The van der Waals surface area contributed by atoms with Gasteiger partial charge >= 0.3 is 0 Å². The summed E-state index contributed by atoms with van der Waals surface area (Å²) in [6, 6.07) is 57.0. The Balaban J connectivity index is 1.38. The number of anilines is 2. The van der Waals surface area contributed by atoms with E-state index >= 15 is 0 Å². The van der Waals surface area contributed by atoms with Crippen LogP contribution < -0.4 is 9.64 Å². The Hall–Kier alpha value is -6.00. The molecule has 0 N–H and O–H groups in total. The quantitative estimate of drug-likeness (QED) is 0.204. The molecular formula is C42H29N3O. The second kappa shape index (κ2) is 10.9. The predicted molar refractivity (Wildman–Crippen MR) is 184 cm³/mol. The van der Waals surface area contributed by atoms with Gasteiger partial charge in [0.05, 0.1) is 17.4 Å². The first-order valence-corrected chi connectivity index (χ1v) is 15.7. The lowest BCUT2D eigenvalue weighted by atomic mass is 9.84. The minimum atomic E-state index is -0.109. The van der Waals surface area contributed by atoms with E-state index in [1.807, 2.05) is 24.3 Å². The Morgan fingerprint density at radius 3 is 1.76 bits per heavy atom. The summed E-state index contributed by atoms with van der Waals surface area (Å²) in [5.74, 6) is 3.30. The number of fused-ring (bicyclic) bond motifs is 7. The van der Waals surface area contributed by atoms with Crippen LogP contribution >= 0.6 is 0 Å². The van der Waals surface area contributed by atoms with Gasteiger partial charge in [-0.25, -0.2) is 9.97 Å². The van der Waals surface area contributed by atoms with Gasteiger partial charge in [0.15, 0.2) is 5.82 Å². The maximum Gasteiger partial charge on any atom is 0.162 e. The summed E-state index contributed by atoms with van der Waals surface area (Å²) in [6.45, 7) is 0. The van der Waals surface area contributed by atoms with E-state index in [0.717, 1.165) is 45.4 Å². The molecule has 0 fully saturated rings. The summed E-state index contributed by atoms with van der Waals surface area (Å²) >= 11 is 0. The summed E-state index contributed by atoms with van der Waals surface area (Å²) in [6.07, 6.45) is 0. The molecule has 2 aliphatic rings. The van der Waals surface area contributed by atoms with E-state index in [1.165, 1.54) is 22.3 Å². The number of benzene rings is 6. The lowest BCUT2D eigenvalue weighted by Crippen LogP contribution is -2.24. The molecule has 0 amide bonds. The van der Waals surface area contributed by atoms with Crippen LogP contribution in [-0.2, 0) is 0 Å². The van der Waals surface area contributed by atoms with Crippen molar-refractivity contribution in [3.8, 4) is 45.3 Å². The lowest BCUT2D eigenvalue weighted by Gasteiger charge is -2.31. The molecule has 4 heteroatoms. The Labute approximate surface area is 268 Å². The average Bonchev–Trinajstić information content (AvgIpc) is 3.40. The summed E-state index contributed by atoms with van der Waals surface area (Å²) in [5.41, 5.74) is 9.94. The Morgan fingerprint density at radius 1 is 0.478 bits per heavy atom. The number of hydrogen-bond acceptors (Lipinski definition) is 4. The van der Waals surface area contributed by atoms with Crippen molar-refractivity contribution in [3.05, 3.63) is 180 Å². The molecule has 218 valence electrons. The number of hydrogen-bond donors (Lipinski definition) is 0. The number of rotatable bonds is 4. The minimum Gasteiger partial charge on any atom is -0.457 e.